The molecule has 5 heteroatoms. The molecule has 0 saturated heterocycles. The monoisotopic (exact) mass is 249 g/mol. The first kappa shape index (κ1) is 12.8. The summed E-state index contributed by atoms with van der Waals surface area (Å²) in [6.07, 6.45) is 4.81. The third-order valence-electron chi connectivity index (χ3n) is 3.06. The summed E-state index contributed by atoms with van der Waals surface area (Å²) in [5.74, 6) is 0.933. The third-order valence-corrected chi connectivity index (χ3v) is 3.06. The molecule has 0 unspecified atom stereocenters. The van der Waals surface area contributed by atoms with Gasteiger partial charge >= 0.3 is 0 Å². The number of likely N-dealkylation sites (N-methyl/N-ethyl adjacent to an activating group) is 1. The highest BCUT2D eigenvalue weighted by Gasteiger charge is 2.21. The zero-order valence-electron chi connectivity index (χ0n) is 11.1. The van der Waals surface area contributed by atoms with Crippen molar-refractivity contribution in [2.75, 3.05) is 27.7 Å². The topological polar surface area (TPSA) is 47.4 Å². The fraction of sp³-hybridized carbons (Fsp3) is 0.538. The lowest BCUT2D eigenvalue weighted by molar-refractivity contribution is -0.114. The lowest BCUT2D eigenvalue weighted by Gasteiger charge is -2.13. The second kappa shape index (κ2) is 5.35. The standard InChI is InChI=1S/C13H19N3O2/c1-15(2)6-7-16-13(12(18-3)9-14-16)10-4-5-11(17)8-10/h8-9H,4-7H2,1-3H3. The molecular weight excluding hydrogens is 230 g/mol. The Balaban J connectivity index is 2.28. The van der Waals surface area contributed by atoms with E-state index in [-0.39, 0.29) is 5.78 Å². The van der Waals surface area contributed by atoms with Crippen molar-refractivity contribution in [1.29, 1.82) is 0 Å². The van der Waals surface area contributed by atoms with Gasteiger partial charge in [-0.3, -0.25) is 9.48 Å². The van der Waals surface area contributed by atoms with Gasteiger partial charge in [0, 0.05) is 13.0 Å². The Bertz CT molecular complexity index is 475. The molecule has 2 rings (SSSR count). The second-order valence-electron chi connectivity index (χ2n) is 4.72. The van der Waals surface area contributed by atoms with E-state index in [0.29, 0.717) is 6.42 Å². The molecule has 1 aromatic heterocycles. The third kappa shape index (κ3) is 2.61. The smallest absolute Gasteiger partial charge is 0.164 e. The van der Waals surface area contributed by atoms with E-state index in [1.54, 1.807) is 19.4 Å². The Kier molecular flexibility index (Phi) is 3.81. The number of hydrogen-bond donors (Lipinski definition) is 0. The lowest BCUT2D eigenvalue weighted by atomic mass is 10.1. The van der Waals surface area contributed by atoms with Crippen LogP contribution >= 0.6 is 0 Å². The van der Waals surface area contributed by atoms with Crippen LogP contribution in [0, 0.1) is 0 Å². The van der Waals surface area contributed by atoms with Crippen molar-refractivity contribution >= 4 is 11.4 Å². The largest absolute Gasteiger partial charge is 0.493 e. The highest BCUT2D eigenvalue weighted by atomic mass is 16.5. The summed E-state index contributed by atoms with van der Waals surface area (Å²) in [6.45, 7) is 1.69. The van der Waals surface area contributed by atoms with Gasteiger partial charge in [0.2, 0.25) is 0 Å². The number of aromatic nitrogens is 2. The van der Waals surface area contributed by atoms with Crippen LogP contribution in [0.3, 0.4) is 0 Å². The van der Waals surface area contributed by atoms with Gasteiger partial charge < -0.3 is 9.64 Å². The van der Waals surface area contributed by atoms with Gasteiger partial charge in [-0.1, -0.05) is 0 Å². The zero-order chi connectivity index (χ0) is 13.1. The van der Waals surface area contributed by atoms with Gasteiger partial charge in [0.25, 0.3) is 0 Å². The minimum Gasteiger partial charge on any atom is -0.493 e. The lowest BCUT2D eigenvalue weighted by Crippen LogP contribution is -2.20. The molecule has 0 radical (unpaired) electrons. The molecule has 0 amide bonds. The second-order valence-corrected chi connectivity index (χ2v) is 4.72. The fourth-order valence-corrected chi connectivity index (χ4v) is 2.09. The quantitative estimate of drug-likeness (QED) is 0.786. The number of carbonyl (C=O) groups excluding carboxylic acids is 1. The summed E-state index contributed by atoms with van der Waals surface area (Å²) in [4.78, 5) is 13.5. The summed E-state index contributed by atoms with van der Waals surface area (Å²) in [5, 5.41) is 4.34. The van der Waals surface area contributed by atoms with Crippen molar-refractivity contribution in [3.8, 4) is 5.75 Å². The van der Waals surface area contributed by atoms with E-state index >= 15 is 0 Å². The van der Waals surface area contributed by atoms with Crippen molar-refractivity contribution in [2.24, 2.45) is 0 Å². The summed E-state index contributed by atoms with van der Waals surface area (Å²) < 4.78 is 7.25. The van der Waals surface area contributed by atoms with Crippen LogP contribution in [-0.2, 0) is 11.3 Å². The fourth-order valence-electron chi connectivity index (χ4n) is 2.09. The van der Waals surface area contributed by atoms with Crippen molar-refractivity contribution in [3.63, 3.8) is 0 Å². The molecule has 0 atom stereocenters. The van der Waals surface area contributed by atoms with Gasteiger partial charge in [0.1, 0.15) is 5.69 Å². The Morgan fingerprint density at radius 1 is 1.44 bits per heavy atom. The summed E-state index contributed by atoms with van der Waals surface area (Å²) in [7, 11) is 5.69. The molecule has 0 fully saturated rings. The number of allylic oxidation sites excluding steroid dienone is 2. The SMILES string of the molecule is COc1cnn(CCN(C)C)c1C1=CC(=O)CC1. The number of ketones is 1. The van der Waals surface area contributed by atoms with E-state index in [2.05, 4.69) is 10.00 Å². The molecule has 0 aromatic carbocycles. The highest BCUT2D eigenvalue weighted by Crippen LogP contribution is 2.32. The Hall–Kier alpha value is -1.62. The molecule has 0 N–H and O–H groups in total. The van der Waals surface area contributed by atoms with E-state index in [1.165, 1.54) is 0 Å². The average molecular weight is 249 g/mol. The maximum absolute atomic E-state index is 11.4. The number of methoxy groups -OCH3 is 1. The van der Waals surface area contributed by atoms with E-state index in [0.717, 1.165) is 36.5 Å². The molecule has 1 aliphatic carbocycles. The summed E-state index contributed by atoms with van der Waals surface area (Å²) in [6, 6.07) is 0. The summed E-state index contributed by atoms with van der Waals surface area (Å²) >= 11 is 0. The molecule has 0 spiro atoms. The van der Waals surface area contributed by atoms with Crippen molar-refractivity contribution in [3.05, 3.63) is 18.0 Å². The molecular formula is C13H19N3O2. The van der Waals surface area contributed by atoms with Gasteiger partial charge in [-0.05, 0) is 32.2 Å². The minimum atomic E-state index is 0.187. The molecule has 18 heavy (non-hydrogen) atoms. The predicted octanol–water partition coefficient (Wildman–Crippen LogP) is 1.20. The Labute approximate surface area is 107 Å². The van der Waals surface area contributed by atoms with Crippen molar-refractivity contribution in [1.82, 2.24) is 14.7 Å². The number of hydrogen-bond acceptors (Lipinski definition) is 4. The average Bonchev–Trinajstić information content (AvgIpc) is 2.91. The number of ether oxygens (including phenoxy) is 1. The van der Waals surface area contributed by atoms with Gasteiger partial charge in [0.05, 0.1) is 19.9 Å². The van der Waals surface area contributed by atoms with Crippen LogP contribution in [0.2, 0.25) is 0 Å². The van der Waals surface area contributed by atoms with Crippen LogP contribution in [0.25, 0.3) is 5.57 Å². The molecule has 1 aromatic rings. The molecule has 98 valence electrons. The number of rotatable bonds is 5. The van der Waals surface area contributed by atoms with E-state index < -0.39 is 0 Å². The Morgan fingerprint density at radius 2 is 2.22 bits per heavy atom. The van der Waals surface area contributed by atoms with Crippen LogP contribution in [0.4, 0.5) is 0 Å². The maximum atomic E-state index is 11.4. The Morgan fingerprint density at radius 3 is 2.78 bits per heavy atom. The van der Waals surface area contributed by atoms with Crippen LogP contribution in [0.15, 0.2) is 12.3 Å². The van der Waals surface area contributed by atoms with E-state index in [1.807, 2.05) is 18.8 Å². The van der Waals surface area contributed by atoms with Crippen LogP contribution in [0.1, 0.15) is 18.5 Å². The molecule has 5 nitrogen and oxygen atoms in total. The van der Waals surface area contributed by atoms with E-state index in [9.17, 15) is 4.79 Å². The predicted molar refractivity (Wildman–Crippen MR) is 69.6 cm³/mol. The molecule has 0 aliphatic heterocycles. The maximum Gasteiger partial charge on any atom is 0.164 e. The van der Waals surface area contributed by atoms with Crippen LogP contribution in [0.5, 0.6) is 5.75 Å². The van der Waals surface area contributed by atoms with Crippen LogP contribution in [-0.4, -0.2) is 48.2 Å². The molecule has 0 bridgehead atoms. The van der Waals surface area contributed by atoms with Gasteiger partial charge in [-0.15, -0.1) is 0 Å². The minimum absolute atomic E-state index is 0.187. The number of carbonyl (C=O) groups is 1. The van der Waals surface area contributed by atoms with E-state index in [4.69, 9.17) is 4.74 Å². The first-order chi connectivity index (χ1) is 8.61. The van der Waals surface area contributed by atoms with Crippen molar-refractivity contribution in [2.45, 2.75) is 19.4 Å². The molecule has 1 heterocycles. The first-order valence-corrected chi connectivity index (χ1v) is 6.10. The van der Waals surface area contributed by atoms with Gasteiger partial charge in [-0.25, -0.2) is 0 Å². The van der Waals surface area contributed by atoms with Crippen LogP contribution < -0.4 is 4.74 Å². The number of nitrogens with zero attached hydrogens (tertiary/aromatic N) is 3. The first-order valence-electron chi connectivity index (χ1n) is 6.10. The highest BCUT2D eigenvalue weighted by molar-refractivity contribution is 6.01. The molecule has 1 aliphatic rings. The van der Waals surface area contributed by atoms with Gasteiger partial charge in [-0.2, -0.15) is 5.10 Å². The zero-order valence-corrected chi connectivity index (χ0v) is 11.1. The van der Waals surface area contributed by atoms with Crippen molar-refractivity contribution < 1.29 is 9.53 Å². The normalized spacial score (nSPS) is 15.3. The van der Waals surface area contributed by atoms with Gasteiger partial charge in [0.15, 0.2) is 11.5 Å². The molecule has 0 saturated carbocycles. The summed E-state index contributed by atoms with van der Waals surface area (Å²) in [5.41, 5.74) is 1.98.